The maximum Gasteiger partial charge on any atom is 0.253 e. The van der Waals surface area contributed by atoms with Crippen LogP contribution in [0.2, 0.25) is 0 Å². The Balaban J connectivity index is 0.00000156. The van der Waals surface area contributed by atoms with E-state index in [9.17, 15) is 9.18 Å². The lowest BCUT2D eigenvalue weighted by Crippen LogP contribution is -2.55. The molecular weight excluding hydrogens is 463 g/mol. The smallest absolute Gasteiger partial charge is 0.253 e. The summed E-state index contributed by atoms with van der Waals surface area (Å²) in [5.74, 6) is -0.340. The average molecular weight is 501 g/mol. The van der Waals surface area contributed by atoms with Gasteiger partial charge >= 0.3 is 0 Å². The quantitative estimate of drug-likeness (QED) is 0.420. The highest BCUT2D eigenvalue weighted by Crippen LogP contribution is 2.41. The Bertz CT molecular complexity index is 1280. The fourth-order valence-corrected chi connectivity index (χ4v) is 5.29. The number of aromatic nitrogens is 2. The highest BCUT2D eigenvalue weighted by atomic mass is 19.1. The van der Waals surface area contributed by atoms with E-state index in [0.29, 0.717) is 24.2 Å². The van der Waals surface area contributed by atoms with E-state index in [4.69, 9.17) is 0 Å². The molecule has 6 heteroatoms. The molecule has 1 N–H and O–H groups in total. The van der Waals surface area contributed by atoms with Crippen molar-refractivity contribution >= 4 is 11.6 Å². The Kier molecular flexibility index (Phi) is 8.27. The van der Waals surface area contributed by atoms with Crippen molar-refractivity contribution in [2.24, 2.45) is 0 Å². The molecule has 0 saturated carbocycles. The second-order valence-electron chi connectivity index (χ2n) is 9.26. The summed E-state index contributed by atoms with van der Waals surface area (Å²) in [7, 11) is 0. The van der Waals surface area contributed by atoms with Gasteiger partial charge < -0.3 is 14.8 Å². The van der Waals surface area contributed by atoms with Gasteiger partial charge in [-0.3, -0.25) is 9.78 Å². The summed E-state index contributed by atoms with van der Waals surface area (Å²) < 4.78 is 15.8. The second kappa shape index (κ2) is 11.6. The SMILES string of the molecule is CC.CC/C=C1/NC2(CCN(C(=O)c3ccc(-c4cncc(F)c4)cc3)CC2)c2cccn2/C1=C/CC. The number of piperidine rings is 1. The van der Waals surface area contributed by atoms with Crippen LogP contribution in [0.4, 0.5) is 4.39 Å². The van der Waals surface area contributed by atoms with Crippen LogP contribution in [0.3, 0.4) is 0 Å². The van der Waals surface area contributed by atoms with Crippen LogP contribution in [0, 0.1) is 5.82 Å². The Labute approximate surface area is 219 Å². The molecule has 0 radical (unpaired) electrons. The van der Waals surface area contributed by atoms with Crippen LogP contribution in [0.1, 0.15) is 69.4 Å². The number of rotatable bonds is 4. The van der Waals surface area contributed by atoms with Crippen LogP contribution >= 0.6 is 0 Å². The van der Waals surface area contributed by atoms with Gasteiger partial charge in [-0.25, -0.2) is 4.39 Å². The molecule has 1 saturated heterocycles. The third kappa shape index (κ3) is 5.24. The van der Waals surface area contributed by atoms with Gasteiger partial charge in [0.05, 0.1) is 23.1 Å². The fourth-order valence-electron chi connectivity index (χ4n) is 5.29. The maximum absolute atomic E-state index is 13.5. The first-order valence-corrected chi connectivity index (χ1v) is 13.4. The number of hydrogen-bond acceptors (Lipinski definition) is 3. The molecule has 1 spiro atoms. The lowest BCUT2D eigenvalue weighted by molar-refractivity contribution is 0.0639. The molecule has 5 nitrogen and oxygen atoms in total. The minimum Gasteiger partial charge on any atom is -0.372 e. The molecule has 4 heterocycles. The number of amides is 1. The highest BCUT2D eigenvalue weighted by Gasteiger charge is 2.43. The predicted octanol–water partition coefficient (Wildman–Crippen LogP) is 6.99. The molecule has 1 fully saturated rings. The van der Waals surface area contributed by atoms with E-state index in [-0.39, 0.29) is 17.3 Å². The molecule has 0 atom stereocenters. The van der Waals surface area contributed by atoms with Gasteiger partial charge in [0, 0.05) is 42.3 Å². The zero-order valence-electron chi connectivity index (χ0n) is 22.3. The molecule has 2 aliphatic heterocycles. The summed E-state index contributed by atoms with van der Waals surface area (Å²) in [6.45, 7) is 9.68. The Morgan fingerprint density at radius 2 is 1.73 bits per heavy atom. The van der Waals surface area contributed by atoms with Crippen LogP contribution < -0.4 is 5.32 Å². The van der Waals surface area contributed by atoms with Gasteiger partial charge in [0.2, 0.25) is 0 Å². The zero-order valence-corrected chi connectivity index (χ0v) is 22.3. The Morgan fingerprint density at radius 1 is 1.03 bits per heavy atom. The molecular formula is C31H37FN4O. The van der Waals surface area contributed by atoms with Crippen molar-refractivity contribution < 1.29 is 9.18 Å². The molecule has 37 heavy (non-hydrogen) atoms. The van der Waals surface area contributed by atoms with Crippen molar-refractivity contribution in [3.63, 3.8) is 0 Å². The van der Waals surface area contributed by atoms with Crippen molar-refractivity contribution in [1.82, 2.24) is 19.8 Å². The highest BCUT2D eigenvalue weighted by molar-refractivity contribution is 5.94. The normalized spacial score (nSPS) is 18.2. The first-order chi connectivity index (χ1) is 18.0. The molecule has 0 unspecified atom stereocenters. The number of nitrogens with one attached hydrogen (secondary N) is 1. The number of carbonyl (C=O) groups excluding carboxylic acids is 1. The maximum atomic E-state index is 13.5. The zero-order chi connectivity index (χ0) is 26.4. The van der Waals surface area contributed by atoms with Crippen molar-refractivity contribution in [3.8, 4) is 11.1 Å². The molecule has 194 valence electrons. The van der Waals surface area contributed by atoms with Crippen molar-refractivity contribution in [2.45, 2.75) is 58.9 Å². The van der Waals surface area contributed by atoms with E-state index in [0.717, 1.165) is 31.2 Å². The molecule has 0 bridgehead atoms. The van der Waals surface area contributed by atoms with E-state index in [1.807, 2.05) is 43.0 Å². The standard InChI is InChI=1S/C29H31FN4O.C2H6/c1-3-6-25-26(7-4-2)34-15-5-8-27(34)29(32-25)13-16-33(17-14-29)28(35)22-11-9-21(10-12-22)23-18-24(30)20-31-19-23;1-2/h5-12,15,18-20,32H,3-4,13-14,16-17H2,1-2H3;1-2H3/b25-6+,26-7+;. The van der Waals surface area contributed by atoms with E-state index in [1.54, 1.807) is 6.20 Å². The van der Waals surface area contributed by atoms with E-state index >= 15 is 0 Å². The van der Waals surface area contributed by atoms with Gasteiger partial charge in [-0.2, -0.15) is 0 Å². The summed E-state index contributed by atoms with van der Waals surface area (Å²) >= 11 is 0. The number of halogens is 1. The van der Waals surface area contributed by atoms with Gasteiger partial charge in [-0.1, -0.05) is 52.0 Å². The fraction of sp³-hybridized carbons (Fsp3) is 0.355. The van der Waals surface area contributed by atoms with E-state index in [1.165, 1.54) is 29.4 Å². The predicted molar refractivity (Wildman–Crippen MR) is 148 cm³/mol. The first-order valence-electron chi connectivity index (χ1n) is 13.4. The summed E-state index contributed by atoms with van der Waals surface area (Å²) in [5.41, 5.74) is 5.67. The summed E-state index contributed by atoms with van der Waals surface area (Å²) in [4.78, 5) is 19.1. The summed E-state index contributed by atoms with van der Waals surface area (Å²) in [5, 5.41) is 3.87. The number of carbonyl (C=O) groups is 1. The molecule has 2 aliphatic rings. The third-order valence-electron chi connectivity index (χ3n) is 7.03. The summed E-state index contributed by atoms with van der Waals surface area (Å²) in [6.07, 6.45) is 13.1. The topological polar surface area (TPSA) is 50.2 Å². The van der Waals surface area contributed by atoms with Crippen molar-refractivity contribution in [1.29, 1.82) is 0 Å². The van der Waals surface area contributed by atoms with Crippen LogP contribution in [-0.4, -0.2) is 33.4 Å². The van der Waals surface area contributed by atoms with Crippen LogP contribution in [-0.2, 0) is 5.54 Å². The number of benzene rings is 1. The van der Waals surface area contributed by atoms with Crippen LogP contribution in [0.5, 0.6) is 0 Å². The molecule has 2 aromatic heterocycles. The van der Waals surface area contributed by atoms with Crippen molar-refractivity contribution in [2.75, 3.05) is 13.1 Å². The van der Waals surface area contributed by atoms with Crippen molar-refractivity contribution in [3.05, 3.63) is 96.0 Å². The van der Waals surface area contributed by atoms with Crippen LogP contribution in [0.25, 0.3) is 16.8 Å². The first kappa shape index (κ1) is 26.4. The van der Waals surface area contributed by atoms with E-state index < -0.39 is 0 Å². The Hall–Kier alpha value is -3.67. The van der Waals surface area contributed by atoms with Gasteiger partial charge in [0.15, 0.2) is 0 Å². The number of pyridine rings is 1. The molecule has 0 aliphatic carbocycles. The summed E-state index contributed by atoms with van der Waals surface area (Å²) in [6, 6.07) is 13.1. The monoisotopic (exact) mass is 500 g/mol. The molecule has 1 aromatic carbocycles. The average Bonchev–Trinajstić information content (AvgIpc) is 3.44. The molecule has 3 aromatic rings. The number of nitrogens with zero attached hydrogens (tertiary/aromatic N) is 3. The lowest BCUT2D eigenvalue weighted by atomic mass is 9.81. The third-order valence-corrected chi connectivity index (χ3v) is 7.03. The van der Waals surface area contributed by atoms with Gasteiger partial charge in [0.25, 0.3) is 5.91 Å². The second-order valence-corrected chi connectivity index (χ2v) is 9.26. The molecule has 5 rings (SSSR count). The van der Waals surface area contributed by atoms with Gasteiger partial charge in [-0.05, 0) is 61.6 Å². The number of hydrogen-bond donors (Lipinski definition) is 1. The van der Waals surface area contributed by atoms with Crippen LogP contribution in [0.15, 0.2) is 78.9 Å². The number of allylic oxidation sites excluding steroid dienone is 3. The number of fused-ring (bicyclic) bond motifs is 2. The minimum absolute atomic E-state index is 0.0332. The lowest BCUT2D eigenvalue weighted by Gasteiger charge is -2.47. The Morgan fingerprint density at radius 3 is 2.38 bits per heavy atom. The number of likely N-dealkylation sites (tertiary alicyclic amines) is 1. The minimum atomic E-state index is -0.374. The largest absolute Gasteiger partial charge is 0.372 e. The van der Waals surface area contributed by atoms with Gasteiger partial charge in [-0.15, -0.1) is 0 Å². The molecule has 1 amide bonds. The van der Waals surface area contributed by atoms with Gasteiger partial charge in [0.1, 0.15) is 5.82 Å². The van der Waals surface area contributed by atoms with E-state index in [2.05, 4.69) is 59.2 Å².